The summed E-state index contributed by atoms with van der Waals surface area (Å²) in [6, 6.07) is 3.84. The van der Waals surface area contributed by atoms with Gasteiger partial charge in [0, 0.05) is 32.2 Å². The van der Waals surface area contributed by atoms with Crippen molar-refractivity contribution in [2.24, 2.45) is 0 Å². The van der Waals surface area contributed by atoms with Crippen LogP contribution >= 0.6 is 11.3 Å². The van der Waals surface area contributed by atoms with E-state index in [4.69, 9.17) is 9.47 Å². The van der Waals surface area contributed by atoms with Crippen LogP contribution in [0.15, 0.2) is 12.1 Å². The van der Waals surface area contributed by atoms with E-state index in [1.54, 1.807) is 14.2 Å². The van der Waals surface area contributed by atoms with Crippen molar-refractivity contribution in [1.82, 2.24) is 10.2 Å². The first-order valence-electron chi connectivity index (χ1n) is 6.81. The molecule has 5 nitrogen and oxygen atoms in total. The second-order valence-corrected chi connectivity index (χ2v) is 6.07. The molecular weight excluding hydrogens is 276 g/mol. The topological polar surface area (TPSA) is 50.8 Å². The van der Waals surface area contributed by atoms with Crippen LogP contribution in [0.4, 0.5) is 0 Å². The van der Waals surface area contributed by atoms with Crippen LogP contribution in [-0.2, 0) is 16.1 Å². The Morgan fingerprint density at radius 3 is 2.90 bits per heavy atom. The third-order valence-corrected chi connectivity index (χ3v) is 4.64. The lowest BCUT2D eigenvalue weighted by Gasteiger charge is -2.17. The maximum absolute atomic E-state index is 12.3. The Bertz CT molecular complexity index is 449. The fourth-order valence-corrected chi connectivity index (χ4v) is 3.33. The maximum atomic E-state index is 12.3. The number of hydrogen-bond acceptors (Lipinski definition) is 5. The van der Waals surface area contributed by atoms with Gasteiger partial charge in [0.2, 0.25) is 0 Å². The van der Waals surface area contributed by atoms with Crippen LogP contribution in [-0.4, -0.2) is 56.8 Å². The Kier molecular flexibility index (Phi) is 5.54. The summed E-state index contributed by atoms with van der Waals surface area (Å²) in [5, 5.41) is 3.08. The molecule has 2 atom stereocenters. The molecule has 2 rings (SSSR count). The second kappa shape index (κ2) is 7.17. The Balaban J connectivity index is 1.96. The minimum absolute atomic E-state index is 0.0256. The summed E-state index contributed by atoms with van der Waals surface area (Å²) < 4.78 is 10.5. The molecule has 6 heteroatoms. The van der Waals surface area contributed by atoms with Crippen molar-refractivity contribution < 1.29 is 14.3 Å². The average Bonchev–Trinajstić information content (AvgIpc) is 3.05. The number of likely N-dealkylation sites (N-methyl/N-ethyl adjacent to an activating group) is 1. The molecule has 0 unspecified atom stereocenters. The van der Waals surface area contributed by atoms with Crippen LogP contribution in [0.3, 0.4) is 0 Å². The van der Waals surface area contributed by atoms with E-state index < -0.39 is 0 Å². The lowest BCUT2D eigenvalue weighted by molar-refractivity contribution is 0.0765. The summed E-state index contributed by atoms with van der Waals surface area (Å²) in [7, 11) is 3.35. The number of methoxy groups -OCH3 is 2. The van der Waals surface area contributed by atoms with Crippen molar-refractivity contribution in [2.75, 3.05) is 33.9 Å². The highest BCUT2D eigenvalue weighted by Crippen LogP contribution is 2.19. The van der Waals surface area contributed by atoms with Gasteiger partial charge in [0.1, 0.15) is 0 Å². The van der Waals surface area contributed by atoms with Crippen LogP contribution in [0, 0.1) is 0 Å². The Hall–Kier alpha value is -0.950. The molecule has 1 N–H and O–H groups in total. The van der Waals surface area contributed by atoms with Gasteiger partial charge in [-0.15, -0.1) is 11.3 Å². The Morgan fingerprint density at radius 1 is 1.45 bits per heavy atom. The lowest BCUT2D eigenvalue weighted by atomic mass is 10.2. The highest BCUT2D eigenvalue weighted by atomic mass is 32.1. The van der Waals surface area contributed by atoms with Crippen LogP contribution < -0.4 is 5.32 Å². The number of hydrogen-bond donors (Lipinski definition) is 1. The second-order valence-electron chi connectivity index (χ2n) is 4.91. The highest BCUT2D eigenvalue weighted by Gasteiger charge is 2.33. The molecule has 1 saturated heterocycles. The molecule has 0 radical (unpaired) electrons. The predicted octanol–water partition coefficient (Wildman–Crippen LogP) is 1.34. The van der Waals surface area contributed by atoms with Gasteiger partial charge in [0.25, 0.3) is 5.91 Å². The molecule has 1 aliphatic rings. The standard InChI is InChI=1S/C14H22N2O3S/c1-4-16-7-11(12(8-16)19-3)15-14(17)13-6-5-10(20-13)9-18-2/h5-6,11-12H,4,7-9H2,1-3H3,(H,15,17)/t11-,12-/m0/s1. The number of rotatable bonds is 6. The number of amides is 1. The zero-order valence-corrected chi connectivity index (χ0v) is 13.0. The number of ether oxygens (including phenoxy) is 2. The minimum atomic E-state index is -0.0256. The number of carbonyl (C=O) groups excluding carboxylic acids is 1. The highest BCUT2D eigenvalue weighted by molar-refractivity contribution is 7.14. The number of thiophene rings is 1. The van der Waals surface area contributed by atoms with Gasteiger partial charge in [-0.05, 0) is 18.7 Å². The molecule has 1 aliphatic heterocycles. The molecule has 20 heavy (non-hydrogen) atoms. The molecule has 1 aromatic heterocycles. The number of nitrogens with zero attached hydrogens (tertiary/aromatic N) is 1. The van der Waals surface area contributed by atoms with E-state index in [1.807, 2.05) is 12.1 Å². The third-order valence-electron chi connectivity index (χ3n) is 3.58. The van der Waals surface area contributed by atoms with Gasteiger partial charge in [-0.3, -0.25) is 9.69 Å². The van der Waals surface area contributed by atoms with Crippen molar-refractivity contribution in [1.29, 1.82) is 0 Å². The van der Waals surface area contributed by atoms with E-state index in [0.29, 0.717) is 6.61 Å². The van der Waals surface area contributed by atoms with E-state index in [9.17, 15) is 4.79 Å². The first kappa shape index (κ1) is 15.4. The van der Waals surface area contributed by atoms with Gasteiger partial charge in [-0.25, -0.2) is 0 Å². The minimum Gasteiger partial charge on any atom is -0.379 e. The SMILES string of the molecule is CCN1C[C@H](NC(=O)c2ccc(COC)s2)[C@@H](OC)C1. The molecular formula is C14H22N2O3S. The monoisotopic (exact) mass is 298 g/mol. The Morgan fingerprint density at radius 2 is 2.25 bits per heavy atom. The molecule has 0 aromatic carbocycles. The number of nitrogens with one attached hydrogen (secondary N) is 1. The van der Waals surface area contributed by atoms with Crippen LogP contribution in [0.2, 0.25) is 0 Å². The molecule has 2 heterocycles. The average molecular weight is 298 g/mol. The summed E-state index contributed by atoms with van der Waals surface area (Å²) in [5.74, 6) is -0.0256. The van der Waals surface area contributed by atoms with Gasteiger partial charge < -0.3 is 14.8 Å². The maximum Gasteiger partial charge on any atom is 0.261 e. The van der Waals surface area contributed by atoms with Crippen molar-refractivity contribution in [3.8, 4) is 0 Å². The summed E-state index contributed by atoms with van der Waals surface area (Å²) in [5.41, 5.74) is 0. The molecule has 1 aromatic rings. The summed E-state index contributed by atoms with van der Waals surface area (Å²) >= 11 is 1.47. The van der Waals surface area contributed by atoms with Crippen LogP contribution in [0.25, 0.3) is 0 Å². The summed E-state index contributed by atoms with van der Waals surface area (Å²) in [4.78, 5) is 16.3. The lowest BCUT2D eigenvalue weighted by Crippen LogP contribution is -2.43. The predicted molar refractivity (Wildman–Crippen MR) is 79.2 cm³/mol. The third kappa shape index (κ3) is 3.58. The smallest absolute Gasteiger partial charge is 0.261 e. The molecule has 1 fully saturated rings. The van der Waals surface area contributed by atoms with Gasteiger partial charge in [-0.2, -0.15) is 0 Å². The van der Waals surface area contributed by atoms with E-state index in [0.717, 1.165) is 29.4 Å². The van der Waals surface area contributed by atoms with Crippen molar-refractivity contribution >= 4 is 17.2 Å². The van der Waals surface area contributed by atoms with Gasteiger partial charge in [-0.1, -0.05) is 6.92 Å². The molecule has 0 spiro atoms. The van der Waals surface area contributed by atoms with Gasteiger partial charge in [0.05, 0.1) is 23.6 Å². The van der Waals surface area contributed by atoms with Crippen molar-refractivity contribution in [2.45, 2.75) is 25.7 Å². The van der Waals surface area contributed by atoms with E-state index in [2.05, 4.69) is 17.1 Å². The van der Waals surface area contributed by atoms with Crippen molar-refractivity contribution in [3.05, 3.63) is 21.9 Å². The van der Waals surface area contributed by atoms with Crippen LogP contribution in [0.1, 0.15) is 21.5 Å². The molecule has 1 amide bonds. The van der Waals surface area contributed by atoms with E-state index in [1.165, 1.54) is 11.3 Å². The quantitative estimate of drug-likeness (QED) is 0.861. The zero-order chi connectivity index (χ0) is 14.5. The summed E-state index contributed by atoms with van der Waals surface area (Å²) in [6.07, 6.45) is 0.0670. The van der Waals surface area contributed by atoms with Crippen molar-refractivity contribution in [3.63, 3.8) is 0 Å². The number of carbonyl (C=O) groups is 1. The molecule has 0 saturated carbocycles. The molecule has 0 aliphatic carbocycles. The molecule has 112 valence electrons. The normalized spacial score (nSPS) is 23.1. The van der Waals surface area contributed by atoms with E-state index in [-0.39, 0.29) is 18.1 Å². The zero-order valence-electron chi connectivity index (χ0n) is 12.2. The number of likely N-dealkylation sites (tertiary alicyclic amines) is 1. The molecule has 0 bridgehead atoms. The fourth-order valence-electron chi connectivity index (χ4n) is 2.45. The van der Waals surface area contributed by atoms with Gasteiger partial charge >= 0.3 is 0 Å². The largest absolute Gasteiger partial charge is 0.379 e. The fraction of sp³-hybridized carbons (Fsp3) is 0.643. The van der Waals surface area contributed by atoms with Gasteiger partial charge in [0.15, 0.2) is 0 Å². The van der Waals surface area contributed by atoms with E-state index >= 15 is 0 Å². The Labute approximate surface area is 123 Å². The first-order valence-corrected chi connectivity index (χ1v) is 7.63. The summed E-state index contributed by atoms with van der Waals surface area (Å²) in [6.45, 7) is 5.36. The first-order chi connectivity index (χ1) is 9.67. The van der Waals surface area contributed by atoms with Crippen LogP contribution in [0.5, 0.6) is 0 Å².